The maximum atomic E-state index is 12.5. The Morgan fingerprint density at radius 2 is 2.12 bits per heavy atom. The molecule has 0 aliphatic heterocycles. The van der Waals surface area contributed by atoms with E-state index in [1.807, 2.05) is 36.5 Å². The Morgan fingerprint density at radius 3 is 2.88 bits per heavy atom. The molecule has 2 amide bonds. The van der Waals surface area contributed by atoms with Crippen LogP contribution in [0.1, 0.15) is 48.5 Å². The van der Waals surface area contributed by atoms with Crippen LogP contribution in [0, 0.1) is 0 Å². The highest BCUT2D eigenvalue weighted by molar-refractivity contribution is 5.75. The van der Waals surface area contributed by atoms with Crippen LogP contribution in [0.15, 0.2) is 36.5 Å². The van der Waals surface area contributed by atoms with Gasteiger partial charge in [0.2, 0.25) is 0 Å². The molecule has 2 aromatic rings. The summed E-state index contributed by atoms with van der Waals surface area (Å²) in [6.07, 6.45) is 5.66. The molecule has 1 aliphatic carbocycles. The number of urea groups is 1. The van der Waals surface area contributed by atoms with Crippen molar-refractivity contribution < 1.29 is 14.7 Å². The molecule has 1 aromatic carbocycles. The van der Waals surface area contributed by atoms with E-state index >= 15 is 0 Å². The van der Waals surface area contributed by atoms with Crippen LogP contribution in [-0.2, 0) is 17.6 Å². The van der Waals surface area contributed by atoms with Crippen molar-refractivity contribution in [2.75, 3.05) is 0 Å². The van der Waals surface area contributed by atoms with E-state index in [0.29, 0.717) is 12.8 Å². The topological polar surface area (TPSA) is 107 Å². The van der Waals surface area contributed by atoms with Gasteiger partial charge in [0.1, 0.15) is 0 Å². The second kappa shape index (κ2) is 8.51. The Balaban J connectivity index is 1.60. The zero-order valence-corrected chi connectivity index (χ0v) is 14.6. The van der Waals surface area contributed by atoms with Crippen molar-refractivity contribution in [3.05, 3.63) is 53.3 Å². The van der Waals surface area contributed by atoms with E-state index in [9.17, 15) is 9.59 Å². The molecule has 7 nitrogen and oxygen atoms in total. The number of aliphatic carboxylic acids is 1. The number of carbonyl (C=O) groups excluding carboxylic acids is 1. The monoisotopic (exact) mass is 356 g/mol. The highest BCUT2D eigenvalue weighted by atomic mass is 16.4. The van der Waals surface area contributed by atoms with E-state index in [2.05, 4.69) is 20.8 Å². The minimum absolute atomic E-state index is 0.0197. The SMILES string of the molecule is O=C(O)CCC(Cc1ccccc1)NC(=O)NC1CCCc2cn[nH]c21. The van der Waals surface area contributed by atoms with Crippen molar-refractivity contribution in [1.82, 2.24) is 20.8 Å². The van der Waals surface area contributed by atoms with Gasteiger partial charge in [-0.1, -0.05) is 30.3 Å². The molecule has 0 radical (unpaired) electrons. The normalized spacial score (nSPS) is 17.2. The summed E-state index contributed by atoms with van der Waals surface area (Å²) in [7, 11) is 0. The molecule has 7 heteroatoms. The summed E-state index contributed by atoms with van der Waals surface area (Å²) < 4.78 is 0. The maximum Gasteiger partial charge on any atom is 0.315 e. The van der Waals surface area contributed by atoms with E-state index in [4.69, 9.17) is 5.11 Å². The summed E-state index contributed by atoms with van der Waals surface area (Å²) in [4.78, 5) is 23.4. The number of H-pyrrole nitrogens is 1. The molecule has 0 spiro atoms. The Kier molecular flexibility index (Phi) is 5.88. The van der Waals surface area contributed by atoms with Crippen LogP contribution in [0.25, 0.3) is 0 Å². The van der Waals surface area contributed by atoms with Gasteiger partial charge in [0.15, 0.2) is 0 Å². The average Bonchev–Trinajstić information content (AvgIpc) is 3.10. The first kappa shape index (κ1) is 18.0. The fraction of sp³-hybridized carbons (Fsp3) is 0.421. The minimum atomic E-state index is -0.861. The van der Waals surface area contributed by atoms with E-state index in [1.165, 1.54) is 0 Å². The third-order valence-electron chi connectivity index (χ3n) is 4.71. The fourth-order valence-corrected chi connectivity index (χ4v) is 3.41. The van der Waals surface area contributed by atoms with Crippen LogP contribution in [0.4, 0.5) is 4.79 Å². The number of carboxylic acids is 1. The predicted octanol–water partition coefficient (Wildman–Crippen LogP) is 2.56. The van der Waals surface area contributed by atoms with Crippen LogP contribution >= 0.6 is 0 Å². The van der Waals surface area contributed by atoms with Gasteiger partial charge in [-0.2, -0.15) is 5.10 Å². The van der Waals surface area contributed by atoms with Crippen molar-refractivity contribution in [3.63, 3.8) is 0 Å². The lowest BCUT2D eigenvalue weighted by Crippen LogP contribution is -2.45. The third-order valence-corrected chi connectivity index (χ3v) is 4.71. The van der Waals surface area contributed by atoms with Crippen LogP contribution in [0.5, 0.6) is 0 Å². The number of hydrogen-bond acceptors (Lipinski definition) is 3. The highest BCUT2D eigenvalue weighted by Gasteiger charge is 2.24. The molecular formula is C19H24N4O3. The molecule has 4 N–H and O–H groups in total. The standard InChI is InChI=1S/C19H24N4O3/c24-17(25)10-9-15(11-13-5-2-1-3-6-13)21-19(26)22-16-8-4-7-14-12-20-23-18(14)16/h1-3,5-6,12,15-16H,4,7-11H2,(H,20,23)(H,24,25)(H2,21,22,26). The van der Waals surface area contributed by atoms with Crippen molar-refractivity contribution in [1.29, 1.82) is 0 Å². The maximum absolute atomic E-state index is 12.5. The summed E-state index contributed by atoms with van der Waals surface area (Å²) in [6, 6.07) is 9.16. The molecule has 2 atom stereocenters. The van der Waals surface area contributed by atoms with Crippen LogP contribution in [0.2, 0.25) is 0 Å². The first-order valence-electron chi connectivity index (χ1n) is 8.96. The second-order valence-corrected chi connectivity index (χ2v) is 6.69. The Bertz CT molecular complexity index is 744. The number of nitrogens with zero attached hydrogens (tertiary/aromatic N) is 1. The molecule has 0 saturated carbocycles. The minimum Gasteiger partial charge on any atom is -0.481 e. The number of carboxylic acid groups (broad SMARTS) is 1. The molecule has 0 bridgehead atoms. The van der Waals surface area contributed by atoms with Gasteiger partial charge in [-0.3, -0.25) is 9.89 Å². The number of aryl methyl sites for hydroxylation is 1. The van der Waals surface area contributed by atoms with Gasteiger partial charge < -0.3 is 15.7 Å². The summed E-state index contributed by atoms with van der Waals surface area (Å²) in [5.74, 6) is -0.861. The lowest BCUT2D eigenvalue weighted by atomic mass is 9.94. The largest absolute Gasteiger partial charge is 0.481 e. The predicted molar refractivity (Wildman–Crippen MR) is 96.7 cm³/mol. The second-order valence-electron chi connectivity index (χ2n) is 6.69. The average molecular weight is 356 g/mol. The number of hydrogen-bond donors (Lipinski definition) is 4. The number of amides is 2. The van der Waals surface area contributed by atoms with Crippen molar-refractivity contribution in [2.45, 2.75) is 50.6 Å². The Hall–Kier alpha value is -2.83. The summed E-state index contributed by atoms with van der Waals surface area (Å²) in [5, 5.41) is 22.0. The summed E-state index contributed by atoms with van der Waals surface area (Å²) in [5.41, 5.74) is 3.18. The van der Waals surface area contributed by atoms with E-state index in [0.717, 1.165) is 36.1 Å². The summed E-state index contributed by atoms with van der Waals surface area (Å²) in [6.45, 7) is 0. The number of nitrogens with one attached hydrogen (secondary N) is 3. The quantitative estimate of drug-likeness (QED) is 0.611. The Morgan fingerprint density at radius 1 is 1.31 bits per heavy atom. The number of benzene rings is 1. The number of carbonyl (C=O) groups is 2. The van der Waals surface area contributed by atoms with E-state index in [1.54, 1.807) is 0 Å². The van der Waals surface area contributed by atoms with Gasteiger partial charge in [0.05, 0.1) is 17.9 Å². The fourth-order valence-electron chi connectivity index (χ4n) is 3.41. The van der Waals surface area contributed by atoms with Crippen LogP contribution in [0.3, 0.4) is 0 Å². The van der Waals surface area contributed by atoms with Gasteiger partial charge in [0.25, 0.3) is 0 Å². The first-order chi connectivity index (χ1) is 12.6. The molecule has 1 aliphatic rings. The molecular weight excluding hydrogens is 332 g/mol. The molecule has 0 saturated heterocycles. The summed E-state index contributed by atoms with van der Waals surface area (Å²) >= 11 is 0. The van der Waals surface area contributed by atoms with Crippen molar-refractivity contribution in [2.24, 2.45) is 0 Å². The number of fused-ring (bicyclic) bond motifs is 1. The van der Waals surface area contributed by atoms with Gasteiger partial charge in [-0.25, -0.2) is 4.79 Å². The molecule has 0 fully saturated rings. The molecule has 26 heavy (non-hydrogen) atoms. The lowest BCUT2D eigenvalue weighted by Gasteiger charge is -2.25. The number of aromatic amines is 1. The van der Waals surface area contributed by atoms with E-state index < -0.39 is 5.97 Å². The molecule has 1 aromatic heterocycles. The highest BCUT2D eigenvalue weighted by Crippen LogP contribution is 2.27. The Labute approximate surface area is 152 Å². The number of rotatable bonds is 7. The molecule has 138 valence electrons. The molecule has 3 rings (SSSR count). The van der Waals surface area contributed by atoms with E-state index in [-0.39, 0.29) is 24.5 Å². The van der Waals surface area contributed by atoms with Gasteiger partial charge in [-0.05, 0) is 43.2 Å². The smallest absolute Gasteiger partial charge is 0.315 e. The van der Waals surface area contributed by atoms with Gasteiger partial charge in [0, 0.05) is 12.5 Å². The molecule has 1 heterocycles. The lowest BCUT2D eigenvalue weighted by molar-refractivity contribution is -0.137. The van der Waals surface area contributed by atoms with Crippen LogP contribution in [-0.4, -0.2) is 33.3 Å². The molecule has 2 unspecified atom stereocenters. The zero-order valence-electron chi connectivity index (χ0n) is 14.6. The van der Waals surface area contributed by atoms with Crippen LogP contribution < -0.4 is 10.6 Å². The first-order valence-corrected chi connectivity index (χ1v) is 8.96. The van der Waals surface area contributed by atoms with Crippen molar-refractivity contribution >= 4 is 12.0 Å². The van der Waals surface area contributed by atoms with Gasteiger partial charge >= 0.3 is 12.0 Å². The van der Waals surface area contributed by atoms with Gasteiger partial charge in [-0.15, -0.1) is 0 Å². The number of aromatic nitrogens is 2. The van der Waals surface area contributed by atoms with Crippen molar-refractivity contribution in [3.8, 4) is 0 Å². The zero-order chi connectivity index (χ0) is 18.4. The third kappa shape index (κ3) is 4.84.